The molecule has 116 valence electrons. The quantitative estimate of drug-likeness (QED) is 0.793. The lowest BCUT2D eigenvalue weighted by molar-refractivity contribution is -0.119. The zero-order valence-electron chi connectivity index (χ0n) is 12.0. The van der Waals surface area contributed by atoms with Gasteiger partial charge in [0.1, 0.15) is 11.8 Å². The second-order valence-electron chi connectivity index (χ2n) is 4.33. The molecule has 2 atom stereocenters. The lowest BCUT2D eigenvalue weighted by Gasteiger charge is -2.32. The van der Waals surface area contributed by atoms with Gasteiger partial charge in [-0.1, -0.05) is 33.9 Å². The Bertz CT molecular complexity index is 339. The van der Waals surface area contributed by atoms with Crippen molar-refractivity contribution in [2.24, 2.45) is 0 Å². The van der Waals surface area contributed by atoms with Crippen molar-refractivity contribution in [1.82, 2.24) is 10.4 Å². The van der Waals surface area contributed by atoms with Gasteiger partial charge >= 0.3 is 0 Å². The third-order valence-corrected chi connectivity index (χ3v) is 4.31. The van der Waals surface area contributed by atoms with Crippen LogP contribution in [0.5, 0.6) is 0 Å². The van der Waals surface area contributed by atoms with Gasteiger partial charge in [0.15, 0.2) is 0 Å². The standard InChI is InChI=1S/C12H18N2O2S.C2H6.CH4/c1-3-10(12-9(2)13-16-12)6-14(8-15)11-4-5-17-7-11;1-2;/h3,8-9,11,13H,1,4-7H2,2H3;1-2H3;1H4/b12-10+;;. The monoisotopic (exact) mass is 300 g/mol. The van der Waals surface area contributed by atoms with Gasteiger partial charge in [0.2, 0.25) is 6.41 Å². The molecule has 0 aliphatic carbocycles. The molecule has 0 aromatic carbocycles. The lowest BCUT2D eigenvalue weighted by atomic mass is 10.1. The third-order valence-electron chi connectivity index (χ3n) is 3.16. The van der Waals surface area contributed by atoms with Crippen molar-refractivity contribution in [3.05, 3.63) is 24.0 Å². The van der Waals surface area contributed by atoms with E-state index >= 15 is 0 Å². The van der Waals surface area contributed by atoms with Gasteiger partial charge in [-0.3, -0.25) is 4.79 Å². The molecular formula is C15H28N2O2S. The van der Waals surface area contributed by atoms with E-state index in [0.717, 1.165) is 35.7 Å². The molecule has 2 rings (SSSR count). The number of thioether (sulfide) groups is 1. The lowest BCUT2D eigenvalue weighted by Crippen LogP contribution is -2.44. The van der Waals surface area contributed by atoms with Crippen molar-refractivity contribution in [2.45, 2.75) is 46.7 Å². The first kappa shape index (κ1) is 19.1. The van der Waals surface area contributed by atoms with E-state index in [1.807, 2.05) is 37.4 Å². The Morgan fingerprint density at radius 2 is 2.30 bits per heavy atom. The summed E-state index contributed by atoms with van der Waals surface area (Å²) in [6, 6.07) is 0.575. The predicted molar refractivity (Wildman–Crippen MR) is 87.5 cm³/mol. The maximum absolute atomic E-state index is 11.2. The average molecular weight is 300 g/mol. The smallest absolute Gasteiger partial charge is 0.210 e. The van der Waals surface area contributed by atoms with E-state index in [1.165, 1.54) is 0 Å². The molecule has 2 aliphatic heterocycles. The topological polar surface area (TPSA) is 41.6 Å². The zero-order valence-corrected chi connectivity index (χ0v) is 12.8. The van der Waals surface area contributed by atoms with Crippen LogP contribution in [0, 0.1) is 0 Å². The summed E-state index contributed by atoms with van der Waals surface area (Å²) in [4.78, 5) is 18.2. The Morgan fingerprint density at radius 3 is 2.65 bits per heavy atom. The first-order valence-corrected chi connectivity index (χ1v) is 7.98. The van der Waals surface area contributed by atoms with Crippen LogP contribution in [-0.4, -0.2) is 41.4 Å². The highest BCUT2D eigenvalue weighted by Gasteiger charge is 2.27. The Hall–Kier alpha value is -0.940. The summed E-state index contributed by atoms with van der Waals surface area (Å²) in [5, 5.41) is 0. The highest BCUT2D eigenvalue weighted by Crippen LogP contribution is 2.24. The van der Waals surface area contributed by atoms with Gasteiger partial charge in [-0.05, 0) is 19.1 Å². The molecule has 1 amide bonds. The number of hydrogen-bond donors (Lipinski definition) is 1. The molecule has 0 radical (unpaired) electrons. The predicted octanol–water partition coefficient (Wildman–Crippen LogP) is 2.98. The summed E-state index contributed by atoms with van der Waals surface area (Å²) in [6.07, 6.45) is 3.81. The van der Waals surface area contributed by atoms with Crippen LogP contribution < -0.4 is 5.48 Å². The van der Waals surface area contributed by atoms with Crippen LogP contribution in [0.3, 0.4) is 0 Å². The highest BCUT2D eigenvalue weighted by atomic mass is 32.2. The zero-order chi connectivity index (χ0) is 14.3. The number of nitrogens with zero attached hydrogens (tertiary/aromatic N) is 1. The van der Waals surface area contributed by atoms with E-state index in [1.54, 1.807) is 6.08 Å². The maximum atomic E-state index is 11.2. The highest BCUT2D eigenvalue weighted by molar-refractivity contribution is 7.99. The van der Waals surface area contributed by atoms with E-state index in [4.69, 9.17) is 4.84 Å². The summed E-state index contributed by atoms with van der Waals surface area (Å²) >= 11 is 1.90. The van der Waals surface area contributed by atoms with Gasteiger partial charge < -0.3 is 9.74 Å². The molecule has 2 heterocycles. The van der Waals surface area contributed by atoms with Crippen molar-refractivity contribution in [3.63, 3.8) is 0 Å². The van der Waals surface area contributed by atoms with Gasteiger partial charge in [0.25, 0.3) is 0 Å². The third kappa shape index (κ3) is 4.56. The number of amides is 1. The normalized spacial score (nSPS) is 25.9. The number of hydrogen-bond acceptors (Lipinski definition) is 4. The molecule has 2 saturated heterocycles. The average Bonchev–Trinajstić information content (AvgIpc) is 2.97. The number of carbonyl (C=O) groups is 1. The Labute approximate surface area is 127 Å². The van der Waals surface area contributed by atoms with E-state index in [-0.39, 0.29) is 13.5 Å². The molecule has 2 unspecified atom stereocenters. The van der Waals surface area contributed by atoms with Gasteiger partial charge in [-0.25, -0.2) is 0 Å². The van der Waals surface area contributed by atoms with Crippen molar-refractivity contribution < 1.29 is 9.63 Å². The van der Waals surface area contributed by atoms with E-state index in [9.17, 15) is 4.79 Å². The van der Waals surface area contributed by atoms with Crippen LogP contribution in [0.15, 0.2) is 24.0 Å². The van der Waals surface area contributed by atoms with Crippen LogP contribution in [0.1, 0.15) is 34.6 Å². The van der Waals surface area contributed by atoms with Crippen LogP contribution in [0.25, 0.3) is 0 Å². The summed E-state index contributed by atoms with van der Waals surface area (Å²) in [6.45, 7) is 10.4. The molecule has 2 fully saturated rings. The van der Waals surface area contributed by atoms with Crippen LogP contribution in [0.2, 0.25) is 0 Å². The van der Waals surface area contributed by atoms with Crippen LogP contribution in [0.4, 0.5) is 0 Å². The Balaban J connectivity index is 0.00000115. The molecule has 0 bridgehead atoms. The van der Waals surface area contributed by atoms with Crippen molar-refractivity contribution in [1.29, 1.82) is 0 Å². The fourth-order valence-electron chi connectivity index (χ4n) is 2.06. The van der Waals surface area contributed by atoms with E-state index in [0.29, 0.717) is 12.6 Å². The minimum Gasteiger partial charge on any atom is -0.410 e. The first-order chi connectivity index (χ1) is 9.26. The molecule has 0 saturated carbocycles. The number of nitrogens with one attached hydrogen (secondary N) is 1. The van der Waals surface area contributed by atoms with E-state index in [2.05, 4.69) is 12.1 Å². The molecule has 0 aromatic rings. The number of hydroxylamine groups is 1. The summed E-state index contributed by atoms with van der Waals surface area (Å²) in [7, 11) is 0. The van der Waals surface area contributed by atoms with E-state index < -0.39 is 0 Å². The van der Waals surface area contributed by atoms with Crippen LogP contribution >= 0.6 is 11.8 Å². The molecule has 2 aliphatic rings. The van der Waals surface area contributed by atoms with Crippen molar-refractivity contribution in [2.75, 3.05) is 18.1 Å². The molecule has 0 spiro atoms. The van der Waals surface area contributed by atoms with Crippen LogP contribution in [-0.2, 0) is 9.63 Å². The SMILES string of the molecule is C.C=C/C(CN(C=O)C1CCSC1)=C1\ONC1C.CC. The fourth-order valence-corrected chi connectivity index (χ4v) is 3.29. The molecule has 1 N–H and O–H groups in total. The van der Waals surface area contributed by atoms with Gasteiger partial charge in [-0.2, -0.15) is 11.8 Å². The molecule has 4 nitrogen and oxygen atoms in total. The second-order valence-corrected chi connectivity index (χ2v) is 5.48. The molecule has 0 aromatic heterocycles. The maximum Gasteiger partial charge on any atom is 0.210 e. The largest absolute Gasteiger partial charge is 0.410 e. The second kappa shape index (κ2) is 9.88. The first-order valence-electron chi connectivity index (χ1n) is 6.83. The minimum absolute atomic E-state index is 0. The molecule has 5 heteroatoms. The van der Waals surface area contributed by atoms with Gasteiger partial charge in [0, 0.05) is 23.9 Å². The minimum atomic E-state index is 0. The molecular weight excluding hydrogens is 272 g/mol. The molecule has 20 heavy (non-hydrogen) atoms. The van der Waals surface area contributed by atoms with Crippen molar-refractivity contribution in [3.8, 4) is 0 Å². The fraction of sp³-hybridized carbons (Fsp3) is 0.667. The number of carbonyl (C=O) groups excluding carboxylic acids is 1. The van der Waals surface area contributed by atoms with Gasteiger partial charge in [-0.15, -0.1) is 5.48 Å². The Kier molecular flexibility index (Phi) is 9.42. The summed E-state index contributed by atoms with van der Waals surface area (Å²) in [5.74, 6) is 3.08. The van der Waals surface area contributed by atoms with Gasteiger partial charge in [0.05, 0.1) is 0 Å². The summed E-state index contributed by atoms with van der Waals surface area (Å²) in [5.41, 5.74) is 3.82. The number of rotatable bonds is 5. The van der Waals surface area contributed by atoms with Crippen molar-refractivity contribution >= 4 is 18.2 Å². The Morgan fingerprint density at radius 1 is 1.60 bits per heavy atom. The summed E-state index contributed by atoms with van der Waals surface area (Å²) < 4.78 is 0.